The third-order valence-corrected chi connectivity index (χ3v) is 3.80. The number of nitrogens with one attached hydrogen (secondary N) is 1. The number of hydrogen-bond acceptors (Lipinski definition) is 2. The van der Waals surface area contributed by atoms with E-state index in [9.17, 15) is 9.90 Å². The first kappa shape index (κ1) is 14.9. The summed E-state index contributed by atoms with van der Waals surface area (Å²) in [4.78, 5) is 12.1. The molecule has 0 saturated heterocycles. The van der Waals surface area contributed by atoms with Gasteiger partial charge in [-0.25, -0.2) is 0 Å². The number of aromatic hydroxyl groups is 1. The number of halogens is 1. The van der Waals surface area contributed by atoms with E-state index in [1.54, 1.807) is 6.07 Å². The van der Waals surface area contributed by atoms with Crippen molar-refractivity contribution in [3.05, 3.63) is 42.0 Å². The number of phenolic OH excluding ortho intramolecular Hbond substituents is 1. The average Bonchev–Trinajstić information content (AvgIpc) is 2.47. The maximum absolute atomic E-state index is 12.1. The standard InChI is InChI=1S/C16H18BrNO2/c17-10-4-1-5-11-18-16(20)14-9-8-12-6-2-3-7-13(12)15(14)19/h2-3,6-9,19H,1,4-5,10-11H2,(H,18,20). The minimum absolute atomic E-state index is 0.0565. The zero-order valence-corrected chi connectivity index (χ0v) is 12.8. The highest BCUT2D eigenvalue weighted by Crippen LogP contribution is 2.28. The molecule has 0 fully saturated rings. The predicted octanol–water partition coefficient (Wildman–Crippen LogP) is 3.84. The molecule has 3 nitrogen and oxygen atoms in total. The molecule has 2 rings (SSSR count). The number of unbranched alkanes of at least 4 members (excludes halogenated alkanes) is 2. The van der Waals surface area contributed by atoms with Crippen LogP contribution in [-0.2, 0) is 0 Å². The lowest BCUT2D eigenvalue weighted by molar-refractivity contribution is 0.0950. The van der Waals surface area contributed by atoms with Gasteiger partial charge in [0.05, 0.1) is 5.56 Å². The van der Waals surface area contributed by atoms with Gasteiger partial charge in [-0.05, 0) is 24.3 Å². The highest BCUT2D eigenvalue weighted by atomic mass is 79.9. The zero-order valence-electron chi connectivity index (χ0n) is 11.2. The van der Waals surface area contributed by atoms with Crippen molar-refractivity contribution in [2.45, 2.75) is 19.3 Å². The Morgan fingerprint density at radius 1 is 1.10 bits per heavy atom. The molecule has 106 valence electrons. The molecule has 0 aliphatic rings. The third kappa shape index (κ3) is 3.51. The fourth-order valence-electron chi connectivity index (χ4n) is 2.13. The van der Waals surface area contributed by atoms with Crippen LogP contribution in [0.1, 0.15) is 29.6 Å². The summed E-state index contributed by atoms with van der Waals surface area (Å²) in [5.74, 6) is -0.159. The van der Waals surface area contributed by atoms with Crippen molar-refractivity contribution in [3.8, 4) is 5.75 Å². The summed E-state index contributed by atoms with van der Waals surface area (Å²) in [6.45, 7) is 0.637. The molecular formula is C16H18BrNO2. The van der Waals surface area contributed by atoms with E-state index in [1.165, 1.54) is 0 Å². The molecule has 4 heteroatoms. The lowest BCUT2D eigenvalue weighted by Gasteiger charge is -2.09. The maximum atomic E-state index is 12.1. The van der Waals surface area contributed by atoms with E-state index in [-0.39, 0.29) is 11.7 Å². The van der Waals surface area contributed by atoms with Crippen LogP contribution in [0.15, 0.2) is 36.4 Å². The number of carbonyl (C=O) groups is 1. The summed E-state index contributed by atoms with van der Waals surface area (Å²) in [6.07, 6.45) is 3.14. The van der Waals surface area contributed by atoms with Gasteiger partial charge >= 0.3 is 0 Å². The van der Waals surface area contributed by atoms with E-state index in [1.807, 2.05) is 30.3 Å². The Morgan fingerprint density at radius 2 is 1.90 bits per heavy atom. The molecule has 1 amide bonds. The van der Waals surface area contributed by atoms with Crippen molar-refractivity contribution >= 4 is 32.6 Å². The molecule has 2 N–H and O–H groups in total. The van der Waals surface area contributed by atoms with Crippen molar-refractivity contribution in [3.63, 3.8) is 0 Å². The Kier molecular flexibility index (Phi) is 5.41. The molecule has 0 spiro atoms. The average molecular weight is 336 g/mol. The van der Waals surface area contributed by atoms with Gasteiger partial charge in [-0.2, -0.15) is 0 Å². The Morgan fingerprint density at radius 3 is 2.70 bits per heavy atom. The van der Waals surface area contributed by atoms with Gasteiger partial charge in [-0.1, -0.05) is 52.7 Å². The van der Waals surface area contributed by atoms with E-state index in [4.69, 9.17) is 0 Å². The molecular weight excluding hydrogens is 318 g/mol. The van der Waals surface area contributed by atoms with Crippen LogP contribution in [0.25, 0.3) is 10.8 Å². The summed E-state index contributed by atoms with van der Waals surface area (Å²) in [5.41, 5.74) is 0.337. The topological polar surface area (TPSA) is 49.3 Å². The highest BCUT2D eigenvalue weighted by Gasteiger charge is 2.12. The van der Waals surface area contributed by atoms with Crippen LogP contribution >= 0.6 is 15.9 Å². The Hall–Kier alpha value is -1.55. The number of hydrogen-bond donors (Lipinski definition) is 2. The van der Waals surface area contributed by atoms with Crippen molar-refractivity contribution in [1.82, 2.24) is 5.32 Å². The van der Waals surface area contributed by atoms with Crippen LogP contribution in [0.3, 0.4) is 0 Å². The number of amides is 1. The number of fused-ring (bicyclic) bond motifs is 1. The summed E-state index contributed by atoms with van der Waals surface area (Å²) in [5, 5.41) is 15.7. The SMILES string of the molecule is O=C(NCCCCCBr)c1ccc2ccccc2c1O. The lowest BCUT2D eigenvalue weighted by atomic mass is 10.0. The number of benzene rings is 2. The van der Waals surface area contributed by atoms with E-state index < -0.39 is 0 Å². The minimum atomic E-state index is -0.216. The second-order valence-electron chi connectivity index (χ2n) is 4.69. The Balaban J connectivity index is 2.05. The van der Waals surface area contributed by atoms with E-state index in [0.717, 1.165) is 30.0 Å². The first-order valence-corrected chi connectivity index (χ1v) is 7.91. The number of rotatable bonds is 6. The summed E-state index contributed by atoms with van der Waals surface area (Å²) in [7, 11) is 0. The molecule has 0 atom stereocenters. The van der Waals surface area contributed by atoms with Crippen molar-refractivity contribution in [2.24, 2.45) is 0 Å². The van der Waals surface area contributed by atoms with Gasteiger partial charge in [-0.15, -0.1) is 0 Å². The molecule has 0 radical (unpaired) electrons. The fourth-order valence-corrected chi connectivity index (χ4v) is 2.53. The van der Waals surface area contributed by atoms with E-state index >= 15 is 0 Å². The molecule has 0 unspecified atom stereocenters. The zero-order chi connectivity index (χ0) is 14.4. The summed E-state index contributed by atoms with van der Waals surface area (Å²) >= 11 is 3.38. The van der Waals surface area contributed by atoms with Crippen LogP contribution < -0.4 is 5.32 Å². The molecule has 2 aromatic rings. The summed E-state index contributed by atoms with van der Waals surface area (Å²) < 4.78 is 0. The predicted molar refractivity (Wildman–Crippen MR) is 85.6 cm³/mol. The first-order chi connectivity index (χ1) is 9.74. The minimum Gasteiger partial charge on any atom is -0.506 e. The molecule has 2 aromatic carbocycles. The Bertz CT molecular complexity index is 598. The lowest BCUT2D eigenvalue weighted by Crippen LogP contribution is -2.24. The van der Waals surface area contributed by atoms with Crippen molar-refractivity contribution in [2.75, 3.05) is 11.9 Å². The molecule has 0 aliphatic heterocycles. The smallest absolute Gasteiger partial charge is 0.255 e. The monoisotopic (exact) mass is 335 g/mol. The number of alkyl halides is 1. The van der Waals surface area contributed by atoms with Crippen LogP contribution in [0.2, 0.25) is 0 Å². The highest BCUT2D eigenvalue weighted by molar-refractivity contribution is 9.09. The normalized spacial score (nSPS) is 10.7. The van der Waals surface area contributed by atoms with Gasteiger partial charge in [0, 0.05) is 17.3 Å². The van der Waals surface area contributed by atoms with E-state index in [2.05, 4.69) is 21.2 Å². The van der Waals surface area contributed by atoms with Crippen LogP contribution in [0.4, 0.5) is 0 Å². The van der Waals surface area contributed by atoms with E-state index in [0.29, 0.717) is 17.5 Å². The molecule has 20 heavy (non-hydrogen) atoms. The van der Waals surface area contributed by atoms with Gasteiger partial charge in [0.25, 0.3) is 5.91 Å². The molecule has 0 aromatic heterocycles. The van der Waals surface area contributed by atoms with Gasteiger partial charge in [0.2, 0.25) is 0 Å². The molecule has 0 aliphatic carbocycles. The van der Waals surface area contributed by atoms with Crippen molar-refractivity contribution in [1.29, 1.82) is 0 Å². The van der Waals surface area contributed by atoms with Crippen LogP contribution in [-0.4, -0.2) is 22.9 Å². The van der Waals surface area contributed by atoms with Crippen LogP contribution in [0.5, 0.6) is 5.75 Å². The second kappa shape index (κ2) is 7.29. The molecule has 0 heterocycles. The van der Waals surface area contributed by atoms with Gasteiger partial charge < -0.3 is 10.4 Å². The second-order valence-corrected chi connectivity index (χ2v) is 5.48. The quantitative estimate of drug-likeness (QED) is 0.622. The van der Waals surface area contributed by atoms with Crippen LogP contribution in [0, 0.1) is 0 Å². The van der Waals surface area contributed by atoms with Gasteiger partial charge in [0.15, 0.2) is 0 Å². The summed E-state index contributed by atoms with van der Waals surface area (Å²) in [6, 6.07) is 11.0. The molecule has 0 saturated carbocycles. The van der Waals surface area contributed by atoms with Gasteiger partial charge in [0.1, 0.15) is 5.75 Å². The fraction of sp³-hybridized carbons (Fsp3) is 0.312. The van der Waals surface area contributed by atoms with Gasteiger partial charge in [-0.3, -0.25) is 4.79 Å². The largest absolute Gasteiger partial charge is 0.506 e. The third-order valence-electron chi connectivity index (χ3n) is 3.24. The Labute approximate surface area is 127 Å². The first-order valence-electron chi connectivity index (χ1n) is 6.79. The number of phenols is 1. The van der Waals surface area contributed by atoms with Crippen molar-refractivity contribution < 1.29 is 9.90 Å². The maximum Gasteiger partial charge on any atom is 0.255 e. The molecule has 0 bridgehead atoms. The number of carbonyl (C=O) groups excluding carboxylic acids is 1.